The first-order valence-electron chi connectivity index (χ1n) is 7.45. The maximum absolute atomic E-state index is 11.9. The predicted octanol–water partition coefficient (Wildman–Crippen LogP) is 2.55. The number of ketones is 1. The molecule has 110 valence electrons. The minimum atomic E-state index is 0.275. The summed E-state index contributed by atoms with van der Waals surface area (Å²) in [6.07, 6.45) is 9.87. The van der Waals surface area contributed by atoms with Crippen LogP contribution in [0, 0.1) is 5.92 Å². The molecule has 0 spiro atoms. The fourth-order valence-electron chi connectivity index (χ4n) is 2.63. The van der Waals surface area contributed by atoms with Gasteiger partial charge in [0.1, 0.15) is 5.78 Å². The van der Waals surface area contributed by atoms with Crippen LogP contribution in [0.3, 0.4) is 0 Å². The molecule has 0 aromatic carbocycles. The Hall–Kier alpha value is -2.56. The lowest BCUT2D eigenvalue weighted by atomic mass is 10.1. The summed E-state index contributed by atoms with van der Waals surface area (Å²) in [7, 11) is 1.89. The predicted molar refractivity (Wildman–Crippen MR) is 83.2 cm³/mol. The van der Waals surface area contributed by atoms with Crippen molar-refractivity contribution in [3.63, 3.8) is 0 Å². The fraction of sp³-hybridized carbons (Fsp3) is 0.294. The molecule has 1 aliphatic rings. The Kier molecular flexibility index (Phi) is 2.99. The van der Waals surface area contributed by atoms with Gasteiger partial charge in [-0.15, -0.1) is 0 Å². The van der Waals surface area contributed by atoms with Crippen molar-refractivity contribution in [1.29, 1.82) is 0 Å². The summed E-state index contributed by atoms with van der Waals surface area (Å²) < 4.78 is 1.77. The molecule has 0 aliphatic heterocycles. The van der Waals surface area contributed by atoms with E-state index in [1.807, 2.05) is 31.7 Å². The van der Waals surface area contributed by atoms with Crippen LogP contribution < -0.4 is 0 Å². The molecular weight excluding hydrogens is 276 g/mol. The van der Waals surface area contributed by atoms with Crippen LogP contribution in [0.5, 0.6) is 0 Å². The number of rotatable bonds is 4. The van der Waals surface area contributed by atoms with E-state index in [-0.39, 0.29) is 5.92 Å². The van der Waals surface area contributed by atoms with Crippen LogP contribution in [-0.4, -0.2) is 25.5 Å². The van der Waals surface area contributed by atoms with Crippen molar-refractivity contribution in [1.82, 2.24) is 19.7 Å². The molecule has 1 saturated carbocycles. The van der Waals surface area contributed by atoms with Crippen LogP contribution in [0.4, 0.5) is 0 Å². The maximum Gasteiger partial charge on any atom is 0.141 e. The van der Waals surface area contributed by atoms with Crippen molar-refractivity contribution in [2.75, 3.05) is 0 Å². The van der Waals surface area contributed by atoms with Crippen LogP contribution in [0.25, 0.3) is 22.0 Å². The molecule has 3 aromatic rings. The lowest BCUT2D eigenvalue weighted by Crippen LogP contribution is -2.06. The van der Waals surface area contributed by atoms with Gasteiger partial charge in [-0.3, -0.25) is 19.4 Å². The van der Waals surface area contributed by atoms with Crippen LogP contribution in [0.1, 0.15) is 18.5 Å². The minimum Gasteiger partial charge on any atom is -0.299 e. The molecule has 3 heterocycles. The quantitative estimate of drug-likeness (QED) is 0.741. The highest BCUT2D eigenvalue weighted by Gasteiger charge is 2.29. The van der Waals surface area contributed by atoms with Crippen LogP contribution in [0.2, 0.25) is 0 Å². The Balaban J connectivity index is 1.69. The number of aromatic nitrogens is 4. The minimum absolute atomic E-state index is 0.275. The Morgan fingerprint density at radius 2 is 2.05 bits per heavy atom. The normalized spacial score (nSPS) is 14.4. The SMILES string of the molecule is Cn1cc(-c2cnc3cnc(CC(=O)C4CC4)cc3c2)cn1. The second kappa shape index (κ2) is 5.02. The molecule has 0 amide bonds. The highest BCUT2D eigenvalue weighted by Crippen LogP contribution is 2.31. The fourth-order valence-corrected chi connectivity index (χ4v) is 2.63. The van der Waals surface area contributed by atoms with Gasteiger partial charge in [-0.2, -0.15) is 5.10 Å². The first-order valence-corrected chi connectivity index (χ1v) is 7.45. The monoisotopic (exact) mass is 292 g/mol. The lowest BCUT2D eigenvalue weighted by molar-refractivity contribution is -0.119. The Morgan fingerprint density at radius 3 is 2.77 bits per heavy atom. The van der Waals surface area contributed by atoms with E-state index in [1.54, 1.807) is 10.9 Å². The molecule has 5 nitrogen and oxygen atoms in total. The Morgan fingerprint density at radius 1 is 1.18 bits per heavy atom. The molecule has 5 heteroatoms. The van der Waals surface area contributed by atoms with Gasteiger partial charge in [0.05, 0.1) is 17.9 Å². The summed E-state index contributed by atoms with van der Waals surface area (Å²) in [6.45, 7) is 0. The average Bonchev–Trinajstić information content (AvgIpc) is 3.28. The molecule has 0 saturated heterocycles. The molecule has 0 N–H and O–H groups in total. The molecular formula is C17H16N4O. The zero-order valence-electron chi connectivity index (χ0n) is 12.4. The standard InChI is InChI=1S/C17H16N4O/c1-21-10-14(8-20-21)13-4-12-5-15(6-17(22)11-2-3-11)18-9-16(12)19-7-13/h4-5,7-11H,2-3,6H2,1H3. The second-order valence-electron chi connectivity index (χ2n) is 5.91. The zero-order chi connectivity index (χ0) is 15.1. The van der Waals surface area contributed by atoms with Crippen molar-refractivity contribution in [3.8, 4) is 11.1 Å². The summed E-state index contributed by atoms with van der Waals surface area (Å²) >= 11 is 0. The van der Waals surface area contributed by atoms with Gasteiger partial charge in [0.2, 0.25) is 0 Å². The smallest absolute Gasteiger partial charge is 0.141 e. The van der Waals surface area contributed by atoms with E-state index in [9.17, 15) is 4.79 Å². The van der Waals surface area contributed by atoms with Gasteiger partial charge >= 0.3 is 0 Å². The topological polar surface area (TPSA) is 60.7 Å². The van der Waals surface area contributed by atoms with E-state index in [0.29, 0.717) is 12.2 Å². The third-order valence-corrected chi connectivity index (χ3v) is 4.05. The summed E-state index contributed by atoms with van der Waals surface area (Å²) in [5, 5.41) is 5.20. The van der Waals surface area contributed by atoms with Crippen molar-refractivity contribution in [3.05, 3.63) is 42.6 Å². The zero-order valence-corrected chi connectivity index (χ0v) is 12.4. The largest absolute Gasteiger partial charge is 0.299 e. The number of Topliss-reactive ketones (excluding diaryl/α,β-unsaturated/α-hetero) is 1. The van der Waals surface area contributed by atoms with Crippen LogP contribution in [-0.2, 0) is 18.3 Å². The van der Waals surface area contributed by atoms with Crippen LogP contribution >= 0.6 is 0 Å². The molecule has 3 aromatic heterocycles. The van der Waals surface area contributed by atoms with Gasteiger partial charge in [-0.25, -0.2) is 0 Å². The molecule has 22 heavy (non-hydrogen) atoms. The number of aryl methyl sites for hydroxylation is 1. The van der Waals surface area contributed by atoms with Gasteiger partial charge in [-0.1, -0.05) is 0 Å². The number of fused-ring (bicyclic) bond motifs is 1. The van der Waals surface area contributed by atoms with Gasteiger partial charge in [0, 0.05) is 54.0 Å². The Bertz CT molecular complexity index is 864. The highest BCUT2D eigenvalue weighted by molar-refractivity contribution is 5.87. The summed E-state index contributed by atoms with van der Waals surface area (Å²) in [5.41, 5.74) is 3.72. The van der Waals surface area contributed by atoms with Gasteiger partial charge in [-0.05, 0) is 25.0 Å². The Labute approximate surface area is 128 Å². The highest BCUT2D eigenvalue weighted by atomic mass is 16.1. The number of carbonyl (C=O) groups excluding carboxylic acids is 1. The molecule has 4 rings (SSSR count). The third kappa shape index (κ3) is 2.50. The van der Waals surface area contributed by atoms with Gasteiger partial charge < -0.3 is 0 Å². The summed E-state index contributed by atoms with van der Waals surface area (Å²) in [6, 6.07) is 4.05. The third-order valence-electron chi connectivity index (χ3n) is 4.05. The van der Waals surface area contributed by atoms with Gasteiger partial charge in [0.25, 0.3) is 0 Å². The number of hydrogen-bond donors (Lipinski definition) is 0. The molecule has 0 atom stereocenters. The van der Waals surface area contributed by atoms with Gasteiger partial charge in [0.15, 0.2) is 0 Å². The number of carbonyl (C=O) groups is 1. The van der Waals surface area contributed by atoms with Crippen molar-refractivity contribution < 1.29 is 4.79 Å². The van der Waals surface area contributed by atoms with E-state index >= 15 is 0 Å². The molecule has 1 aliphatic carbocycles. The molecule has 1 fully saturated rings. The van der Waals surface area contributed by atoms with E-state index < -0.39 is 0 Å². The first-order chi connectivity index (χ1) is 10.7. The lowest BCUT2D eigenvalue weighted by Gasteiger charge is -2.04. The first kappa shape index (κ1) is 13.1. The number of nitrogens with zero attached hydrogens (tertiary/aromatic N) is 4. The maximum atomic E-state index is 11.9. The molecule has 0 radical (unpaired) electrons. The van der Waals surface area contributed by atoms with E-state index in [0.717, 1.165) is 40.6 Å². The average molecular weight is 292 g/mol. The van der Waals surface area contributed by atoms with Crippen LogP contribution in [0.15, 0.2) is 36.9 Å². The summed E-state index contributed by atoms with van der Waals surface area (Å²) in [4.78, 5) is 20.7. The van der Waals surface area contributed by atoms with Crippen molar-refractivity contribution in [2.24, 2.45) is 13.0 Å². The second-order valence-corrected chi connectivity index (χ2v) is 5.91. The molecule has 0 bridgehead atoms. The number of pyridine rings is 2. The van der Waals surface area contributed by atoms with Crippen molar-refractivity contribution in [2.45, 2.75) is 19.3 Å². The summed E-state index contributed by atoms with van der Waals surface area (Å²) in [5.74, 6) is 0.584. The molecule has 0 unspecified atom stereocenters. The number of hydrogen-bond acceptors (Lipinski definition) is 4. The van der Waals surface area contributed by atoms with E-state index in [2.05, 4.69) is 21.1 Å². The van der Waals surface area contributed by atoms with Crippen molar-refractivity contribution >= 4 is 16.7 Å². The van der Waals surface area contributed by atoms with E-state index in [4.69, 9.17) is 0 Å². The van der Waals surface area contributed by atoms with E-state index in [1.165, 1.54) is 0 Å².